The molecule has 3 heteroatoms. The quantitative estimate of drug-likeness (QED) is 0.111. The lowest BCUT2D eigenvalue weighted by Gasteiger charge is -2.11. The Bertz CT molecular complexity index is 3040. The molecule has 0 fully saturated rings. The highest BCUT2D eigenvalue weighted by atomic mass is 15.0. The van der Waals surface area contributed by atoms with Gasteiger partial charge in [-0.05, 0) is 133 Å². The van der Waals surface area contributed by atoms with Crippen molar-refractivity contribution in [1.82, 2.24) is 13.7 Å². The molecule has 282 valence electrons. The van der Waals surface area contributed by atoms with Crippen LogP contribution in [0.25, 0.3) is 85.2 Å². The van der Waals surface area contributed by atoms with Crippen LogP contribution in [0.5, 0.6) is 0 Å². The van der Waals surface area contributed by atoms with Crippen molar-refractivity contribution in [1.29, 1.82) is 0 Å². The molecule has 0 aliphatic rings. The molecule has 0 atom stereocenters. The molecule has 0 amide bonds. The van der Waals surface area contributed by atoms with E-state index in [1.807, 2.05) is 30.4 Å². The molecular formula is C55H47N3. The van der Waals surface area contributed by atoms with E-state index in [0.717, 1.165) is 78.0 Å². The first-order valence-corrected chi connectivity index (χ1v) is 19.6. The summed E-state index contributed by atoms with van der Waals surface area (Å²) in [5.41, 5.74) is 17.6. The van der Waals surface area contributed by atoms with E-state index in [0.29, 0.717) is 0 Å². The number of para-hydroxylation sites is 3. The molecule has 0 saturated carbocycles. The Hall–Kier alpha value is -7.36. The van der Waals surface area contributed by atoms with Gasteiger partial charge in [0.05, 0.1) is 22.2 Å². The maximum absolute atomic E-state index is 4.56. The second kappa shape index (κ2) is 15.6. The minimum absolute atomic E-state index is 0.885. The average Bonchev–Trinajstić information content (AvgIpc) is 3.85. The van der Waals surface area contributed by atoms with Crippen molar-refractivity contribution in [3.8, 4) is 11.4 Å². The second-order valence-electron chi connectivity index (χ2n) is 14.6. The van der Waals surface area contributed by atoms with E-state index >= 15 is 0 Å². The summed E-state index contributed by atoms with van der Waals surface area (Å²) in [5.74, 6) is 0. The lowest BCUT2D eigenvalue weighted by atomic mass is 9.99. The van der Waals surface area contributed by atoms with E-state index in [1.54, 1.807) is 6.08 Å². The fraction of sp³-hybridized carbons (Fsp3) is 0.0545. The molecule has 8 rings (SSSR count). The summed E-state index contributed by atoms with van der Waals surface area (Å²) in [7, 11) is 0. The molecule has 0 radical (unpaired) electrons. The third-order valence-electron chi connectivity index (χ3n) is 11.2. The van der Waals surface area contributed by atoms with Crippen molar-refractivity contribution in [2.45, 2.75) is 20.8 Å². The number of hydrogen-bond acceptors (Lipinski definition) is 0. The fourth-order valence-electron chi connectivity index (χ4n) is 8.36. The van der Waals surface area contributed by atoms with Crippen molar-refractivity contribution >= 4 is 73.9 Å². The Morgan fingerprint density at radius 1 is 0.569 bits per heavy atom. The third-order valence-corrected chi connectivity index (χ3v) is 11.2. The van der Waals surface area contributed by atoms with Gasteiger partial charge in [0.1, 0.15) is 0 Å². The Labute approximate surface area is 341 Å². The number of rotatable bonds is 12. The van der Waals surface area contributed by atoms with Gasteiger partial charge in [-0.15, -0.1) is 0 Å². The topological polar surface area (TPSA) is 14.8 Å². The van der Waals surface area contributed by atoms with Gasteiger partial charge in [-0.1, -0.05) is 124 Å². The Balaban J connectivity index is 1.19. The summed E-state index contributed by atoms with van der Waals surface area (Å²) in [6, 6.07) is 42.8. The number of aromatic nitrogens is 3. The van der Waals surface area contributed by atoms with Crippen LogP contribution in [-0.2, 0) is 0 Å². The van der Waals surface area contributed by atoms with Crippen LogP contribution in [0.15, 0.2) is 179 Å². The van der Waals surface area contributed by atoms with Crippen LogP contribution in [0, 0.1) is 13.8 Å². The molecule has 0 saturated heterocycles. The molecule has 0 aliphatic carbocycles. The zero-order chi connectivity index (χ0) is 40.5. The molecule has 5 aromatic carbocycles. The van der Waals surface area contributed by atoms with Gasteiger partial charge < -0.3 is 13.7 Å². The lowest BCUT2D eigenvalue weighted by Crippen LogP contribution is -1.99. The van der Waals surface area contributed by atoms with Gasteiger partial charge in [0, 0.05) is 50.2 Å². The fourth-order valence-corrected chi connectivity index (χ4v) is 8.36. The van der Waals surface area contributed by atoms with Gasteiger partial charge in [0.2, 0.25) is 0 Å². The number of nitrogens with zero attached hydrogens (tertiary/aromatic N) is 3. The highest BCUT2D eigenvalue weighted by Gasteiger charge is 2.19. The smallest absolute Gasteiger partial charge is 0.0541 e. The SMILES string of the molecule is C=C/C=C\C(=C)n1c2ccccc2c2cc(C(=C)/C=C\c3c(C)c(/C=C(\C)c4ccc5c(c4)c(C=C)c(C=C)n5-c4ccccc4)c(C)n3-c3ccccc3)ccc21. The minimum Gasteiger partial charge on any atom is -0.314 e. The van der Waals surface area contributed by atoms with Gasteiger partial charge in [-0.2, -0.15) is 0 Å². The lowest BCUT2D eigenvalue weighted by molar-refractivity contribution is 0.997. The van der Waals surface area contributed by atoms with Gasteiger partial charge in [-0.3, -0.25) is 0 Å². The van der Waals surface area contributed by atoms with E-state index in [-0.39, 0.29) is 0 Å². The number of allylic oxidation sites excluding steroid dienone is 7. The first-order valence-electron chi connectivity index (χ1n) is 19.6. The summed E-state index contributed by atoms with van der Waals surface area (Å²) >= 11 is 0. The molecule has 8 aromatic rings. The molecule has 0 bridgehead atoms. The largest absolute Gasteiger partial charge is 0.314 e. The van der Waals surface area contributed by atoms with E-state index in [2.05, 4.69) is 201 Å². The van der Waals surface area contributed by atoms with Gasteiger partial charge in [-0.25, -0.2) is 0 Å². The van der Waals surface area contributed by atoms with Crippen LogP contribution in [0.1, 0.15) is 51.8 Å². The first kappa shape index (κ1) is 37.6. The van der Waals surface area contributed by atoms with Gasteiger partial charge >= 0.3 is 0 Å². The predicted octanol–water partition coefficient (Wildman–Crippen LogP) is 14.9. The second-order valence-corrected chi connectivity index (χ2v) is 14.6. The molecular weight excluding hydrogens is 703 g/mol. The molecule has 0 spiro atoms. The van der Waals surface area contributed by atoms with Crippen LogP contribution in [0.2, 0.25) is 0 Å². The van der Waals surface area contributed by atoms with E-state index in [9.17, 15) is 0 Å². The predicted molar refractivity (Wildman–Crippen MR) is 254 cm³/mol. The summed E-state index contributed by atoms with van der Waals surface area (Å²) in [6.07, 6.45) is 16.2. The molecule has 0 N–H and O–H groups in total. The van der Waals surface area contributed by atoms with Crippen molar-refractivity contribution in [3.05, 3.63) is 223 Å². The van der Waals surface area contributed by atoms with Crippen LogP contribution in [0.4, 0.5) is 0 Å². The molecule has 3 heterocycles. The van der Waals surface area contributed by atoms with Crippen molar-refractivity contribution < 1.29 is 0 Å². The molecule has 0 unspecified atom stereocenters. The Morgan fingerprint density at radius 3 is 1.88 bits per heavy atom. The van der Waals surface area contributed by atoms with Crippen molar-refractivity contribution in [3.63, 3.8) is 0 Å². The van der Waals surface area contributed by atoms with E-state index < -0.39 is 0 Å². The number of fused-ring (bicyclic) bond motifs is 4. The zero-order valence-electron chi connectivity index (χ0n) is 33.5. The number of benzene rings is 5. The molecule has 0 aliphatic heterocycles. The monoisotopic (exact) mass is 749 g/mol. The maximum atomic E-state index is 4.56. The third kappa shape index (κ3) is 6.47. The van der Waals surface area contributed by atoms with Crippen LogP contribution >= 0.6 is 0 Å². The van der Waals surface area contributed by atoms with E-state index in [1.165, 1.54) is 27.8 Å². The molecule has 58 heavy (non-hydrogen) atoms. The van der Waals surface area contributed by atoms with Crippen LogP contribution in [-0.4, -0.2) is 13.7 Å². The normalized spacial score (nSPS) is 12.0. The first-order chi connectivity index (χ1) is 28.2. The summed E-state index contributed by atoms with van der Waals surface area (Å²) in [6.45, 7) is 27.8. The van der Waals surface area contributed by atoms with Gasteiger partial charge in [0.25, 0.3) is 0 Å². The molecule has 3 aromatic heterocycles. The Morgan fingerprint density at radius 2 is 1.19 bits per heavy atom. The van der Waals surface area contributed by atoms with Crippen LogP contribution in [0.3, 0.4) is 0 Å². The highest BCUT2D eigenvalue weighted by molar-refractivity contribution is 6.11. The van der Waals surface area contributed by atoms with Crippen molar-refractivity contribution in [2.24, 2.45) is 0 Å². The van der Waals surface area contributed by atoms with Crippen molar-refractivity contribution in [2.75, 3.05) is 0 Å². The van der Waals surface area contributed by atoms with Gasteiger partial charge in [0.15, 0.2) is 0 Å². The summed E-state index contributed by atoms with van der Waals surface area (Å²) in [4.78, 5) is 0. The maximum Gasteiger partial charge on any atom is 0.0541 e. The summed E-state index contributed by atoms with van der Waals surface area (Å²) < 4.78 is 6.82. The average molecular weight is 750 g/mol. The highest BCUT2D eigenvalue weighted by Crippen LogP contribution is 2.37. The minimum atomic E-state index is 0.885. The molecule has 3 nitrogen and oxygen atoms in total. The Kier molecular flexibility index (Phi) is 10.1. The van der Waals surface area contributed by atoms with E-state index in [4.69, 9.17) is 0 Å². The summed E-state index contributed by atoms with van der Waals surface area (Å²) in [5, 5.41) is 3.48. The standard InChI is InChI=1S/C55H47N3/c1-9-12-21-39(6)56-53-27-20-19-26-47(53)50-35-42(29-32-54(50)56)37(4)28-31-52-40(7)48(41(8)57(52)44-22-15-13-16-23-44)34-38(5)43-30-33-55-49(36-43)46(10-2)51(11-3)58(55)45-24-17-14-18-25-45/h9-36H,1-4,6H2,5,7-8H3/b21-12-,31-28-,38-34+. The zero-order valence-corrected chi connectivity index (χ0v) is 33.5. The van der Waals surface area contributed by atoms with Crippen LogP contribution < -0.4 is 0 Å². The number of hydrogen-bond donors (Lipinski definition) is 0.